The molecule has 3 N–H and O–H groups in total. The summed E-state index contributed by atoms with van der Waals surface area (Å²) in [6.45, 7) is 4.71. The van der Waals surface area contributed by atoms with Gasteiger partial charge in [0.25, 0.3) is 11.8 Å². The normalized spacial score (nSPS) is 12.3. The Labute approximate surface area is 189 Å². The lowest BCUT2D eigenvalue weighted by molar-refractivity contribution is -0.123. The number of carbonyl (C=O) groups excluding carboxylic acids is 2. The number of hydrogen-bond acceptors (Lipinski definition) is 4. The Morgan fingerprint density at radius 1 is 0.970 bits per heavy atom. The van der Waals surface area contributed by atoms with Gasteiger partial charge in [-0.25, -0.2) is 17.2 Å². The standard InChI is InChI=1S/C22H22F2N4O4S/c1-13-12-18(15(3)28(13)17-10-8-16(23)9-11-17)22(30)26-25-21(29)14(2)27-33(31,32)20-7-5-4-6-19(20)24/h4-12,14,27H,1-3H3,(H,25,29)(H,26,30)/t14-/m0/s1. The highest BCUT2D eigenvalue weighted by molar-refractivity contribution is 7.89. The monoisotopic (exact) mass is 476 g/mol. The number of sulfonamides is 1. The lowest BCUT2D eigenvalue weighted by atomic mass is 10.2. The topological polar surface area (TPSA) is 109 Å². The molecule has 0 unspecified atom stereocenters. The van der Waals surface area contributed by atoms with Crippen molar-refractivity contribution in [2.24, 2.45) is 0 Å². The second kappa shape index (κ2) is 9.51. The quantitative estimate of drug-likeness (QED) is 0.475. The van der Waals surface area contributed by atoms with Crippen LogP contribution in [0.4, 0.5) is 8.78 Å². The van der Waals surface area contributed by atoms with Gasteiger partial charge < -0.3 is 4.57 Å². The summed E-state index contributed by atoms with van der Waals surface area (Å²) < 4.78 is 55.5. The average molecular weight is 477 g/mol. The zero-order valence-corrected chi connectivity index (χ0v) is 18.8. The molecular weight excluding hydrogens is 454 g/mol. The van der Waals surface area contributed by atoms with Gasteiger partial charge in [0.2, 0.25) is 10.0 Å². The number of benzene rings is 2. The number of rotatable bonds is 6. The van der Waals surface area contributed by atoms with Crippen LogP contribution in [0.1, 0.15) is 28.7 Å². The molecule has 8 nitrogen and oxygen atoms in total. The van der Waals surface area contributed by atoms with Gasteiger partial charge in [0.1, 0.15) is 16.5 Å². The van der Waals surface area contributed by atoms with Crippen LogP contribution >= 0.6 is 0 Å². The van der Waals surface area contributed by atoms with Crippen molar-refractivity contribution in [3.63, 3.8) is 0 Å². The fourth-order valence-corrected chi connectivity index (χ4v) is 4.57. The van der Waals surface area contributed by atoms with Gasteiger partial charge in [-0.3, -0.25) is 20.4 Å². The highest BCUT2D eigenvalue weighted by Gasteiger charge is 2.25. The molecule has 0 saturated carbocycles. The van der Waals surface area contributed by atoms with Gasteiger partial charge in [-0.1, -0.05) is 12.1 Å². The largest absolute Gasteiger partial charge is 0.318 e. The summed E-state index contributed by atoms with van der Waals surface area (Å²) >= 11 is 0. The van der Waals surface area contributed by atoms with Crippen LogP contribution in [0.15, 0.2) is 59.5 Å². The average Bonchev–Trinajstić information content (AvgIpc) is 3.06. The van der Waals surface area contributed by atoms with Crippen molar-refractivity contribution in [2.75, 3.05) is 0 Å². The Kier molecular flexibility index (Phi) is 6.94. The molecule has 1 heterocycles. The van der Waals surface area contributed by atoms with Crippen molar-refractivity contribution in [3.05, 3.63) is 83.2 Å². The van der Waals surface area contributed by atoms with Gasteiger partial charge in [0, 0.05) is 17.1 Å². The summed E-state index contributed by atoms with van der Waals surface area (Å²) in [6.07, 6.45) is 0. The van der Waals surface area contributed by atoms with Crippen LogP contribution in [0.3, 0.4) is 0 Å². The molecule has 0 aliphatic carbocycles. The molecule has 3 rings (SSSR count). The summed E-state index contributed by atoms with van der Waals surface area (Å²) in [5.74, 6) is -2.83. The van der Waals surface area contributed by atoms with Gasteiger partial charge in [0.15, 0.2) is 0 Å². The van der Waals surface area contributed by atoms with Crippen LogP contribution in [0.25, 0.3) is 5.69 Å². The fourth-order valence-electron chi connectivity index (χ4n) is 3.29. The molecule has 0 saturated heterocycles. The van der Waals surface area contributed by atoms with Crippen molar-refractivity contribution in [1.82, 2.24) is 20.1 Å². The SMILES string of the molecule is Cc1cc(C(=O)NNC(=O)[C@H](C)NS(=O)(=O)c2ccccc2F)c(C)n1-c1ccc(F)cc1. The summed E-state index contributed by atoms with van der Waals surface area (Å²) in [5, 5.41) is 0. The third kappa shape index (κ3) is 5.26. The lowest BCUT2D eigenvalue weighted by Crippen LogP contribution is -2.51. The second-order valence-corrected chi connectivity index (χ2v) is 9.00. The Hall–Kier alpha value is -3.57. The van der Waals surface area contributed by atoms with Gasteiger partial charge in [-0.2, -0.15) is 4.72 Å². The van der Waals surface area contributed by atoms with E-state index >= 15 is 0 Å². The summed E-state index contributed by atoms with van der Waals surface area (Å²) in [5.41, 5.74) is 6.58. The Morgan fingerprint density at radius 2 is 1.61 bits per heavy atom. The number of carbonyl (C=O) groups is 2. The summed E-state index contributed by atoms with van der Waals surface area (Å²) in [6, 6.07) is 10.8. The summed E-state index contributed by atoms with van der Waals surface area (Å²) in [4.78, 5) is 24.3. The third-order valence-corrected chi connectivity index (χ3v) is 6.49. The minimum absolute atomic E-state index is 0.261. The number of amides is 2. The Morgan fingerprint density at radius 3 is 2.24 bits per heavy atom. The molecule has 2 aromatic carbocycles. The first-order valence-corrected chi connectivity index (χ1v) is 11.3. The van der Waals surface area contributed by atoms with E-state index in [2.05, 4.69) is 15.6 Å². The number of nitrogens with one attached hydrogen (secondary N) is 3. The van der Waals surface area contributed by atoms with Crippen molar-refractivity contribution in [2.45, 2.75) is 31.7 Å². The van der Waals surface area contributed by atoms with E-state index in [9.17, 15) is 26.8 Å². The first-order valence-electron chi connectivity index (χ1n) is 9.83. The van der Waals surface area contributed by atoms with E-state index in [1.807, 2.05) is 0 Å². The van der Waals surface area contributed by atoms with Crippen molar-refractivity contribution < 1.29 is 26.8 Å². The smallest absolute Gasteiger partial charge is 0.271 e. The molecule has 0 aliphatic heterocycles. The van der Waals surface area contributed by atoms with Crippen LogP contribution in [-0.2, 0) is 14.8 Å². The molecular formula is C22H22F2N4O4S. The van der Waals surface area contributed by atoms with Crippen molar-refractivity contribution in [1.29, 1.82) is 0 Å². The predicted octanol–water partition coefficient (Wildman–Crippen LogP) is 2.50. The highest BCUT2D eigenvalue weighted by Crippen LogP contribution is 2.21. The number of hydrogen-bond donors (Lipinski definition) is 3. The van der Waals surface area contributed by atoms with Crippen molar-refractivity contribution >= 4 is 21.8 Å². The van der Waals surface area contributed by atoms with Gasteiger partial charge in [0.05, 0.1) is 11.6 Å². The van der Waals surface area contributed by atoms with Crippen LogP contribution in [0, 0.1) is 25.5 Å². The highest BCUT2D eigenvalue weighted by atomic mass is 32.2. The van der Waals surface area contributed by atoms with E-state index in [1.165, 1.54) is 31.2 Å². The van der Waals surface area contributed by atoms with Crippen LogP contribution in [-0.4, -0.2) is 30.8 Å². The van der Waals surface area contributed by atoms with E-state index in [0.717, 1.165) is 12.1 Å². The number of halogens is 2. The van der Waals surface area contributed by atoms with Gasteiger partial charge in [-0.15, -0.1) is 0 Å². The zero-order valence-electron chi connectivity index (χ0n) is 18.0. The molecule has 0 fully saturated rings. The van der Waals surface area contributed by atoms with Crippen molar-refractivity contribution in [3.8, 4) is 5.69 Å². The Bertz CT molecular complexity index is 1300. The molecule has 174 valence electrons. The molecule has 0 aliphatic rings. The minimum atomic E-state index is -4.30. The fraction of sp³-hybridized carbons (Fsp3) is 0.182. The summed E-state index contributed by atoms with van der Waals surface area (Å²) in [7, 11) is -4.30. The molecule has 1 aromatic heterocycles. The maximum absolute atomic E-state index is 13.8. The van der Waals surface area contributed by atoms with E-state index in [-0.39, 0.29) is 11.4 Å². The van der Waals surface area contributed by atoms with E-state index in [1.54, 1.807) is 36.6 Å². The molecule has 0 spiro atoms. The number of nitrogens with zero attached hydrogens (tertiary/aromatic N) is 1. The van der Waals surface area contributed by atoms with Gasteiger partial charge in [-0.05, 0) is 63.2 Å². The lowest BCUT2D eigenvalue weighted by Gasteiger charge is -2.15. The first-order chi connectivity index (χ1) is 15.5. The van der Waals surface area contributed by atoms with Crippen LogP contribution < -0.4 is 15.6 Å². The number of aryl methyl sites for hydroxylation is 1. The van der Waals surface area contributed by atoms with Crippen LogP contribution in [0.5, 0.6) is 0 Å². The van der Waals surface area contributed by atoms with E-state index < -0.39 is 38.6 Å². The maximum atomic E-state index is 13.8. The molecule has 3 aromatic rings. The molecule has 0 radical (unpaired) electrons. The number of hydrazine groups is 1. The third-order valence-electron chi connectivity index (χ3n) is 4.91. The molecule has 0 bridgehead atoms. The predicted molar refractivity (Wildman–Crippen MR) is 117 cm³/mol. The van der Waals surface area contributed by atoms with Crippen LogP contribution in [0.2, 0.25) is 0 Å². The molecule has 33 heavy (non-hydrogen) atoms. The first kappa shape index (κ1) is 24.1. The second-order valence-electron chi connectivity index (χ2n) is 7.31. The van der Waals surface area contributed by atoms with Gasteiger partial charge >= 0.3 is 0 Å². The zero-order chi connectivity index (χ0) is 24.3. The molecule has 11 heteroatoms. The van der Waals surface area contributed by atoms with E-state index in [4.69, 9.17) is 0 Å². The molecule has 2 amide bonds. The Balaban J connectivity index is 1.67. The minimum Gasteiger partial charge on any atom is -0.318 e. The maximum Gasteiger partial charge on any atom is 0.271 e. The van der Waals surface area contributed by atoms with E-state index in [0.29, 0.717) is 17.1 Å². The number of aromatic nitrogens is 1. The molecule has 1 atom stereocenters.